The molecule has 0 fully saturated rings. The lowest BCUT2D eigenvalue weighted by atomic mass is 10.1. The quantitative estimate of drug-likeness (QED) is 0.336. The van der Waals surface area contributed by atoms with Crippen LogP contribution in [-0.2, 0) is 30.1 Å². The van der Waals surface area contributed by atoms with Gasteiger partial charge in [0.15, 0.2) is 0 Å². The first-order valence-corrected chi connectivity index (χ1v) is 10.6. The smallest absolute Gasteiger partial charge is 0.325 e. The molecule has 4 rings (SSSR count). The van der Waals surface area contributed by atoms with Crippen molar-refractivity contribution >= 4 is 22.4 Å². The summed E-state index contributed by atoms with van der Waals surface area (Å²) in [6.07, 6.45) is -7.79. The third-order valence-electron chi connectivity index (χ3n) is 5.50. The summed E-state index contributed by atoms with van der Waals surface area (Å²) in [5.41, 5.74) is -2.96. The Morgan fingerprint density at radius 3 is 2.27 bits per heavy atom. The van der Waals surface area contributed by atoms with E-state index >= 15 is 0 Å². The van der Waals surface area contributed by atoms with Crippen LogP contribution in [0.3, 0.4) is 0 Å². The number of carbonyl (C=O) groups is 1. The summed E-state index contributed by atoms with van der Waals surface area (Å²) in [6.45, 7) is -0.0642. The molecule has 12 heteroatoms. The van der Waals surface area contributed by atoms with Crippen molar-refractivity contribution in [3.05, 3.63) is 106 Å². The Morgan fingerprint density at radius 1 is 0.892 bits per heavy atom. The van der Waals surface area contributed by atoms with Gasteiger partial charge in [0.05, 0.1) is 18.5 Å². The maximum absolute atomic E-state index is 14.3. The van der Waals surface area contributed by atoms with Crippen LogP contribution in [0.4, 0.5) is 36.4 Å². The second kappa shape index (κ2) is 9.68. The molecular weight excluding hydrogens is 507 g/mol. The lowest BCUT2D eigenvalue weighted by Crippen LogP contribution is -2.21. The summed E-state index contributed by atoms with van der Waals surface area (Å²) in [7, 11) is 0. The summed E-state index contributed by atoms with van der Waals surface area (Å²) >= 11 is 0. The van der Waals surface area contributed by atoms with Crippen LogP contribution in [0.2, 0.25) is 0 Å². The molecule has 0 aliphatic heterocycles. The zero-order valence-corrected chi connectivity index (χ0v) is 18.6. The molecule has 0 spiro atoms. The average Bonchev–Trinajstić information content (AvgIpc) is 2.81. The normalized spacial score (nSPS) is 12.1. The second-order valence-corrected chi connectivity index (χ2v) is 8.07. The molecule has 1 amide bonds. The summed E-state index contributed by atoms with van der Waals surface area (Å²) in [4.78, 5) is 28.8. The molecule has 2 aromatic heterocycles. The van der Waals surface area contributed by atoms with Crippen LogP contribution < -0.4 is 10.9 Å². The van der Waals surface area contributed by atoms with Crippen molar-refractivity contribution in [3.63, 3.8) is 0 Å². The van der Waals surface area contributed by atoms with Crippen LogP contribution in [0.1, 0.15) is 22.4 Å². The fourth-order valence-electron chi connectivity index (χ4n) is 3.74. The maximum atomic E-state index is 14.3. The number of aromatic nitrogens is 2. The molecule has 5 nitrogen and oxygen atoms in total. The summed E-state index contributed by atoms with van der Waals surface area (Å²) in [5.74, 6) is -2.34. The van der Waals surface area contributed by atoms with Gasteiger partial charge in [0.1, 0.15) is 11.5 Å². The minimum Gasteiger partial charge on any atom is -0.325 e. The van der Waals surface area contributed by atoms with Crippen molar-refractivity contribution < 1.29 is 35.5 Å². The van der Waals surface area contributed by atoms with Gasteiger partial charge in [-0.3, -0.25) is 14.6 Å². The lowest BCUT2D eigenvalue weighted by Gasteiger charge is -2.13. The molecule has 0 saturated carbocycles. The largest absolute Gasteiger partial charge is 0.433 e. The van der Waals surface area contributed by atoms with Crippen molar-refractivity contribution in [2.24, 2.45) is 0 Å². The van der Waals surface area contributed by atoms with Crippen molar-refractivity contribution in [1.82, 2.24) is 9.55 Å². The molecule has 0 aliphatic rings. The Bertz CT molecular complexity index is 1530. The third-order valence-corrected chi connectivity index (χ3v) is 5.50. The van der Waals surface area contributed by atoms with E-state index in [0.29, 0.717) is 17.0 Å². The first kappa shape index (κ1) is 25.9. The number of pyridine rings is 2. The van der Waals surface area contributed by atoms with Crippen molar-refractivity contribution in [2.45, 2.75) is 25.3 Å². The Morgan fingerprint density at radius 2 is 1.62 bits per heavy atom. The average molecular weight is 523 g/mol. The minimum atomic E-state index is -4.91. The number of hydrogen-bond acceptors (Lipinski definition) is 3. The monoisotopic (exact) mass is 523 g/mol. The number of nitrogens with zero attached hydrogens (tertiary/aromatic N) is 2. The van der Waals surface area contributed by atoms with Crippen molar-refractivity contribution in [1.29, 1.82) is 0 Å². The summed E-state index contributed by atoms with van der Waals surface area (Å²) in [5, 5.41) is 2.97. The number of hydrogen-bond donors (Lipinski definition) is 1. The van der Waals surface area contributed by atoms with Crippen LogP contribution in [0, 0.1) is 5.82 Å². The molecule has 192 valence electrons. The lowest BCUT2D eigenvalue weighted by molar-refractivity contribution is -0.141. The number of fused-ring (bicyclic) bond motifs is 1. The fraction of sp³-hybridized carbons (Fsp3) is 0.160. The predicted molar refractivity (Wildman–Crippen MR) is 120 cm³/mol. The molecule has 2 heterocycles. The molecule has 37 heavy (non-hydrogen) atoms. The van der Waals surface area contributed by atoms with E-state index in [2.05, 4.69) is 10.3 Å². The first-order chi connectivity index (χ1) is 17.3. The molecule has 0 aliphatic carbocycles. The highest BCUT2D eigenvalue weighted by Gasteiger charge is 2.35. The number of carbonyl (C=O) groups excluding carboxylic acids is 1. The highest BCUT2D eigenvalue weighted by Crippen LogP contribution is 2.32. The van der Waals surface area contributed by atoms with E-state index < -0.39 is 52.9 Å². The van der Waals surface area contributed by atoms with Gasteiger partial charge in [-0.25, -0.2) is 4.39 Å². The van der Waals surface area contributed by atoms with Gasteiger partial charge in [0, 0.05) is 28.9 Å². The molecule has 4 aromatic rings. The van der Waals surface area contributed by atoms with Gasteiger partial charge >= 0.3 is 12.4 Å². The minimum absolute atomic E-state index is 0.0642. The Balaban J connectivity index is 1.56. The number of anilines is 1. The van der Waals surface area contributed by atoms with E-state index in [1.165, 1.54) is 41.1 Å². The number of nitrogens with one attached hydrogen (secondary N) is 1. The van der Waals surface area contributed by atoms with Gasteiger partial charge in [-0.05, 0) is 41.5 Å². The molecular formula is C25H16F7N3O2. The van der Waals surface area contributed by atoms with E-state index in [9.17, 15) is 40.3 Å². The van der Waals surface area contributed by atoms with Crippen LogP contribution in [0.5, 0.6) is 0 Å². The third kappa shape index (κ3) is 5.63. The van der Waals surface area contributed by atoms with Crippen molar-refractivity contribution in [3.8, 4) is 0 Å². The van der Waals surface area contributed by atoms with Gasteiger partial charge in [0.25, 0.3) is 5.56 Å². The number of amides is 1. The molecule has 0 atom stereocenters. The van der Waals surface area contributed by atoms with Crippen LogP contribution >= 0.6 is 0 Å². The molecule has 2 aromatic carbocycles. The van der Waals surface area contributed by atoms with Crippen molar-refractivity contribution in [2.75, 3.05) is 5.32 Å². The van der Waals surface area contributed by atoms with Crippen LogP contribution in [0.15, 0.2) is 71.8 Å². The van der Waals surface area contributed by atoms with Gasteiger partial charge in [-0.1, -0.05) is 24.3 Å². The van der Waals surface area contributed by atoms with Crippen LogP contribution in [-0.4, -0.2) is 15.5 Å². The van der Waals surface area contributed by atoms with Gasteiger partial charge < -0.3 is 9.88 Å². The first-order valence-electron chi connectivity index (χ1n) is 10.6. The van der Waals surface area contributed by atoms with E-state index in [1.54, 1.807) is 0 Å². The molecule has 0 radical (unpaired) electrons. The summed E-state index contributed by atoms with van der Waals surface area (Å²) in [6, 6.07) is 10.6. The molecule has 0 saturated heterocycles. The topological polar surface area (TPSA) is 64.0 Å². The number of rotatable bonds is 5. The molecule has 0 bridgehead atoms. The zero-order valence-electron chi connectivity index (χ0n) is 18.6. The number of halogens is 7. The Labute approximate surface area is 204 Å². The standard InChI is InChI=1S/C25H16F7N3O2/c26-22-15(3-1-5-18(22)24(27,28)29)11-21(36)34-19-6-2-4-17-16(19)9-10-35(23(17)37)13-14-7-8-20(33-12-14)25(30,31)32/h1-10,12H,11,13H2,(H,34,36). The van der Waals surface area contributed by atoms with Gasteiger partial charge in [-0.2, -0.15) is 26.3 Å². The maximum Gasteiger partial charge on any atom is 0.433 e. The Hall–Kier alpha value is -4.22. The number of benzene rings is 2. The number of alkyl halides is 6. The SMILES string of the molecule is O=C(Cc1cccc(C(F)(F)F)c1F)Nc1cccc2c(=O)n(Cc3ccc(C(F)(F)F)nc3)ccc12. The van der Waals surface area contributed by atoms with Gasteiger partial charge in [-0.15, -0.1) is 0 Å². The summed E-state index contributed by atoms with van der Waals surface area (Å²) < 4.78 is 92.5. The molecule has 1 N–H and O–H groups in total. The van der Waals surface area contributed by atoms with E-state index in [4.69, 9.17) is 0 Å². The predicted octanol–water partition coefficient (Wildman–Crippen LogP) is 5.80. The molecule has 0 unspecified atom stereocenters. The Kier molecular flexibility index (Phi) is 6.76. The zero-order chi connectivity index (χ0) is 27.0. The fourth-order valence-corrected chi connectivity index (χ4v) is 3.74. The highest BCUT2D eigenvalue weighted by atomic mass is 19.4. The second-order valence-electron chi connectivity index (χ2n) is 8.07. The highest BCUT2D eigenvalue weighted by molar-refractivity contribution is 6.02. The van der Waals surface area contributed by atoms with E-state index in [1.807, 2.05) is 0 Å². The van der Waals surface area contributed by atoms with E-state index in [0.717, 1.165) is 24.4 Å². The van der Waals surface area contributed by atoms with E-state index in [-0.39, 0.29) is 17.6 Å². The van der Waals surface area contributed by atoms with Gasteiger partial charge in [0.2, 0.25) is 5.91 Å². The van der Waals surface area contributed by atoms with Crippen LogP contribution in [0.25, 0.3) is 10.8 Å².